The van der Waals surface area contributed by atoms with Gasteiger partial charge in [-0.15, -0.1) is 0 Å². The van der Waals surface area contributed by atoms with Crippen LogP contribution in [0.4, 0.5) is 0 Å². The Balaban J connectivity index is 2.35. The lowest BCUT2D eigenvalue weighted by atomic mass is 10.0. The SMILES string of the molecule is CCCCCc1cccc(CCCOS(C)(=O)=O)c1. The smallest absolute Gasteiger partial charge is 0.264 e. The highest BCUT2D eigenvalue weighted by Gasteiger charge is 2.02. The quantitative estimate of drug-likeness (QED) is 0.516. The average molecular weight is 284 g/mol. The third-order valence-corrected chi connectivity index (χ3v) is 3.56. The summed E-state index contributed by atoms with van der Waals surface area (Å²) in [6, 6.07) is 8.54. The second-order valence-electron chi connectivity index (χ2n) is 4.91. The summed E-state index contributed by atoms with van der Waals surface area (Å²) in [6.45, 7) is 2.47. The molecular weight excluding hydrogens is 260 g/mol. The summed E-state index contributed by atoms with van der Waals surface area (Å²) in [6.07, 6.45) is 7.54. The van der Waals surface area contributed by atoms with Crippen LogP contribution in [0.1, 0.15) is 43.7 Å². The van der Waals surface area contributed by atoms with Crippen molar-refractivity contribution in [2.24, 2.45) is 0 Å². The molecule has 19 heavy (non-hydrogen) atoms. The monoisotopic (exact) mass is 284 g/mol. The molecule has 0 amide bonds. The first-order chi connectivity index (χ1) is 9.01. The van der Waals surface area contributed by atoms with Gasteiger partial charge in [-0.1, -0.05) is 44.0 Å². The van der Waals surface area contributed by atoms with Crippen LogP contribution >= 0.6 is 0 Å². The van der Waals surface area contributed by atoms with Crippen molar-refractivity contribution >= 4 is 10.1 Å². The van der Waals surface area contributed by atoms with Crippen molar-refractivity contribution in [3.05, 3.63) is 35.4 Å². The molecule has 1 aromatic rings. The van der Waals surface area contributed by atoms with Crippen molar-refractivity contribution in [3.63, 3.8) is 0 Å². The van der Waals surface area contributed by atoms with Crippen molar-refractivity contribution < 1.29 is 12.6 Å². The molecule has 0 unspecified atom stereocenters. The van der Waals surface area contributed by atoms with E-state index in [2.05, 4.69) is 31.2 Å². The van der Waals surface area contributed by atoms with Gasteiger partial charge >= 0.3 is 0 Å². The van der Waals surface area contributed by atoms with Crippen LogP contribution in [0.5, 0.6) is 0 Å². The van der Waals surface area contributed by atoms with Gasteiger partial charge in [0.15, 0.2) is 0 Å². The molecule has 0 aromatic heterocycles. The molecular formula is C15H24O3S. The molecule has 0 aliphatic carbocycles. The second kappa shape index (κ2) is 8.33. The van der Waals surface area contributed by atoms with Gasteiger partial charge in [-0.3, -0.25) is 4.18 Å². The van der Waals surface area contributed by atoms with Crippen molar-refractivity contribution in [2.75, 3.05) is 12.9 Å². The van der Waals surface area contributed by atoms with E-state index in [0.29, 0.717) is 0 Å². The molecule has 108 valence electrons. The fourth-order valence-corrected chi connectivity index (χ4v) is 2.43. The van der Waals surface area contributed by atoms with Gasteiger partial charge in [-0.25, -0.2) is 0 Å². The van der Waals surface area contributed by atoms with E-state index in [4.69, 9.17) is 4.18 Å². The van der Waals surface area contributed by atoms with Crippen LogP contribution in [0.2, 0.25) is 0 Å². The first kappa shape index (κ1) is 16.2. The Kier molecular flexibility index (Phi) is 7.10. The Morgan fingerprint density at radius 1 is 1.05 bits per heavy atom. The van der Waals surface area contributed by atoms with E-state index in [0.717, 1.165) is 25.5 Å². The highest BCUT2D eigenvalue weighted by Crippen LogP contribution is 2.11. The molecule has 0 atom stereocenters. The van der Waals surface area contributed by atoms with Crippen molar-refractivity contribution in [2.45, 2.75) is 45.4 Å². The zero-order chi connectivity index (χ0) is 14.1. The molecule has 0 aliphatic rings. The molecule has 1 rings (SSSR count). The van der Waals surface area contributed by atoms with Gasteiger partial charge in [-0.2, -0.15) is 8.42 Å². The molecule has 0 saturated carbocycles. The Morgan fingerprint density at radius 2 is 1.68 bits per heavy atom. The Morgan fingerprint density at radius 3 is 2.26 bits per heavy atom. The highest BCUT2D eigenvalue weighted by atomic mass is 32.2. The molecule has 0 heterocycles. The Hall–Kier alpha value is -0.870. The summed E-state index contributed by atoms with van der Waals surface area (Å²) in [4.78, 5) is 0. The largest absolute Gasteiger partial charge is 0.270 e. The van der Waals surface area contributed by atoms with E-state index in [1.807, 2.05) is 0 Å². The minimum absolute atomic E-state index is 0.263. The molecule has 4 heteroatoms. The van der Waals surface area contributed by atoms with Crippen LogP contribution in [-0.4, -0.2) is 21.3 Å². The zero-order valence-electron chi connectivity index (χ0n) is 11.9. The van der Waals surface area contributed by atoms with Gasteiger partial charge in [0.2, 0.25) is 0 Å². The molecule has 0 spiro atoms. The number of benzene rings is 1. The Bertz CT molecular complexity index is 466. The lowest BCUT2D eigenvalue weighted by molar-refractivity contribution is 0.316. The van der Waals surface area contributed by atoms with Gasteiger partial charge in [0.05, 0.1) is 12.9 Å². The fraction of sp³-hybridized carbons (Fsp3) is 0.600. The van der Waals surface area contributed by atoms with Gasteiger partial charge < -0.3 is 0 Å². The third kappa shape index (κ3) is 8.01. The molecule has 0 aliphatic heterocycles. The fourth-order valence-electron chi connectivity index (χ4n) is 2.01. The van der Waals surface area contributed by atoms with E-state index in [1.54, 1.807) is 0 Å². The van der Waals surface area contributed by atoms with Gasteiger partial charge in [-0.05, 0) is 36.8 Å². The minimum Gasteiger partial charge on any atom is -0.270 e. The lowest BCUT2D eigenvalue weighted by Gasteiger charge is -2.05. The van der Waals surface area contributed by atoms with Crippen LogP contribution in [0.25, 0.3) is 0 Å². The summed E-state index contributed by atoms with van der Waals surface area (Å²) in [5, 5.41) is 0. The molecule has 0 N–H and O–H groups in total. The Labute approximate surface area is 117 Å². The van der Waals surface area contributed by atoms with Gasteiger partial charge in [0, 0.05) is 0 Å². The molecule has 0 bridgehead atoms. The number of aryl methyl sites for hydroxylation is 2. The van der Waals surface area contributed by atoms with E-state index in [1.165, 1.54) is 30.4 Å². The molecule has 3 nitrogen and oxygen atoms in total. The maximum atomic E-state index is 10.8. The summed E-state index contributed by atoms with van der Waals surface area (Å²) in [7, 11) is -3.30. The van der Waals surface area contributed by atoms with Crippen molar-refractivity contribution in [1.29, 1.82) is 0 Å². The van der Waals surface area contributed by atoms with E-state index in [9.17, 15) is 8.42 Å². The topological polar surface area (TPSA) is 43.4 Å². The molecule has 1 aromatic carbocycles. The third-order valence-electron chi connectivity index (χ3n) is 2.97. The normalized spacial score (nSPS) is 11.7. The number of rotatable bonds is 9. The maximum absolute atomic E-state index is 10.8. The van der Waals surface area contributed by atoms with E-state index >= 15 is 0 Å². The predicted octanol–water partition coefficient (Wildman–Crippen LogP) is 3.33. The molecule has 0 radical (unpaired) electrons. The molecule has 0 fully saturated rings. The summed E-state index contributed by atoms with van der Waals surface area (Å²) < 4.78 is 26.4. The minimum atomic E-state index is -3.30. The zero-order valence-corrected chi connectivity index (χ0v) is 12.7. The number of hydrogen-bond acceptors (Lipinski definition) is 3. The predicted molar refractivity (Wildman–Crippen MR) is 78.8 cm³/mol. The standard InChI is InChI=1S/C15H24O3S/c1-3-4-5-8-14-9-6-10-15(13-14)11-7-12-18-19(2,16)17/h6,9-10,13H,3-5,7-8,11-12H2,1-2H3. The first-order valence-electron chi connectivity index (χ1n) is 6.93. The average Bonchev–Trinajstić information content (AvgIpc) is 2.35. The first-order valence-corrected chi connectivity index (χ1v) is 8.75. The highest BCUT2D eigenvalue weighted by molar-refractivity contribution is 7.85. The van der Waals surface area contributed by atoms with Crippen LogP contribution in [0, 0.1) is 0 Å². The number of unbranched alkanes of at least 4 members (excludes halogenated alkanes) is 2. The van der Waals surface area contributed by atoms with Crippen LogP contribution < -0.4 is 0 Å². The van der Waals surface area contributed by atoms with Crippen LogP contribution in [0.3, 0.4) is 0 Å². The van der Waals surface area contributed by atoms with Crippen LogP contribution in [-0.2, 0) is 27.1 Å². The lowest BCUT2D eigenvalue weighted by Crippen LogP contribution is -2.05. The van der Waals surface area contributed by atoms with Gasteiger partial charge in [0.25, 0.3) is 10.1 Å². The van der Waals surface area contributed by atoms with Crippen LogP contribution in [0.15, 0.2) is 24.3 Å². The number of hydrogen-bond donors (Lipinski definition) is 0. The maximum Gasteiger partial charge on any atom is 0.264 e. The summed E-state index contributed by atoms with van der Waals surface area (Å²) in [5.74, 6) is 0. The van der Waals surface area contributed by atoms with E-state index in [-0.39, 0.29) is 6.61 Å². The summed E-state index contributed by atoms with van der Waals surface area (Å²) >= 11 is 0. The van der Waals surface area contributed by atoms with E-state index < -0.39 is 10.1 Å². The van der Waals surface area contributed by atoms with Gasteiger partial charge in [0.1, 0.15) is 0 Å². The summed E-state index contributed by atoms with van der Waals surface area (Å²) in [5.41, 5.74) is 2.63. The van der Waals surface area contributed by atoms with Crippen molar-refractivity contribution in [3.8, 4) is 0 Å². The molecule has 0 saturated heterocycles. The van der Waals surface area contributed by atoms with Crippen molar-refractivity contribution in [1.82, 2.24) is 0 Å². The second-order valence-corrected chi connectivity index (χ2v) is 6.55.